The summed E-state index contributed by atoms with van der Waals surface area (Å²) in [7, 11) is -5.72. The van der Waals surface area contributed by atoms with Crippen molar-refractivity contribution >= 4 is 36.8 Å². The van der Waals surface area contributed by atoms with Crippen molar-refractivity contribution in [2.24, 2.45) is 0 Å². The minimum absolute atomic E-state index is 0.113. The molecule has 0 aliphatic heterocycles. The minimum atomic E-state index is -2.10. The third kappa shape index (κ3) is 15.8. The highest BCUT2D eigenvalue weighted by Gasteiger charge is 2.32. The lowest BCUT2D eigenvalue weighted by Gasteiger charge is -2.34. The summed E-state index contributed by atoms with van der Waals surface area (Å²) < 4.78 is 25.3. The maximum absolute atomic E-state index is 12.7. The van der Waals surface area contributed by atoms with E-state index in [0.29, 0.717) is 19.8 Å². The van der Waals surface area contributed by atoms with E-state index < -0.39 is 42.9 Å². The van der Waals surface area contributed by atoms with E-state index in [4.69, 9.17) is 18.3 Å². The van der Waals surface area contributed by atoms with E-state index in [1.807, 2.05) is 39.3 Å². The zero-order chi connectivity index (χ0) is 24.5. The van der Waals surface area contributed by atoms with Gasteiger partial charge in [-0.15, -0.1) is 0 Å². The molecule has 0 aromatic carbocycles. The first kappa shape index (κ1) is 30.5. The standard InChI is InChI=1S/C21H47NO6Si3/c1-12-18(2)25-15-13-22(29(3,4)5)14-16-26-19(21(24)28-31(9,10)11)17-20(23)27-30(6,7)8/h18-19H,12-17H2,1-11H3. The van der Waals surface area contributed by atoms with Crippen molar-refractivity contribution in [3.63, 3.8) is 0 Å². The van der Waals surface area contributed by atoms with E-state index in [9.17, 15) is 9.59 Å². The average Bonchev–Trinajstić information content (AvgIpc) is 2.54. The Balaban J connectivity index is 5.02. The van der Waals surface area contributed by atoms with Gasteiger partial charge >= 0.3 is 5.97 Å². The Bertz CT molecular complexity index is 555. The van der Waals surface area contributed by atoms with Crippen LogP contribution in [0.1, 0.15) is 26.7 Å². The molecule has 0 bridgehead atoms. The first-order valence-electron chi connectivity index (χ1n) is 11.4. The van der Waals surface area contributed by atoms with E-state index in [0.717, 1.165) is 13.0 Å². The Morgan fingerprint density at radius 3 is 1.71 bits per heavy atom. The summed E-state index contributed by atoms with van der Waals surface area (Å²) in [5.74, 6) is -0.868. The maximum Gasteiger partial charge on any atom is 0.322 e. The molecule has 0 rings (SSSR count). The molecule has 7 nitrogen and oxygen atoms in total. The average molecular weight is 494 g/mol. The highest BCUT2D eigenvalue weighted by Crippen LogP contribution is 2.14. The molecule has 2 unspecified atom stereocenters. The van der Waals surface area contributed by atoms with Crippen molar-refractivity contribution in [2.75, 3.05) is 26.3 Å². The third-order valence-electron chi connectivity index (χ3n) is 4.41. The van der Waals surface area contributed by atoms with Crippen LogP contribution >= 0.6 is 0 Å². The minimum Gasteiger partial charge on any atom is -0.520 e. The summed E-state index contributed by atoms with van der Waals surface area (Å²) in [4.78, 5) is 25.0. The zero-order valence-electron chi connectivity index (χ0n) is 21.8. The Kier molecular flexibility index (Phi) is 13.0. The SMILES string of the molecule is CCC(C)OCCN(CCOC(CC(=O)O[Si](C)(C)C)C(=O)O[Si](C)(C)C)[Si](C)(C)C. The van der Waals surface area contributed by atoms with Crippen molar-refractivity contribution in [3.05, 3.63) is 0 Å². The zero-order valence-corrected chi connectivity index (χ0v) is 24.8. The molecule has 0 radical (unpaired) electrons. The van der Waals surface area contributed by atoms with Crippen LogP contribution in [0.4, 0.5) is 0 Å². The summed E-state index contributed by atoms with van der Waals surface area (Å²) in [5.41, 5.74) is 0. The van der Waals surface area contributed by atoms with Crippen molar-refractivity contribution in [1.82, 2.24) is 4.57 Å². The lowest BCUT2D eigenvalue weighted by molar-refractivity contribution is -0.154. The molecule has 0 aliphatic carbocycles. The van der Waals surface area contributed by atoms with Gasteiger partial charge in [-0.3, -0.25) is 9.59 Å². The van der Waals surface area contributed by atoms with Crippen LogP contribution in [0.15, 0.2) is 0 Å². The van der Waals surface area contributed by atoms with Gasteiger partial charge in [0.15, 0.2) is 6.10 Å². The predicted molar refractivity (Wildman–Crippen MR) is 134 cm³/mol. The van der Waals surface area contributed by atoms with Gasteiger partial charge in [-0.2, -0.15) is 0 Å². The van der Waals surface area contributed by atoms with Gasteiger partial charge in [0.25, 0.3) is 5.97 Å². The third-order valence-corrected chi connectivity index (χ3v) is 8.41. The lowest BCUT2D eigenvalue weighted by Crippen LogP contribution is -2.49. The fourth-order valence-corrected chi connectivity index (χ4v) is 5.71. The van der Waals surface area contributed by atoms with Crippen LogP contribution in [0.3, 0.4) is 0 Å². The number of hydrogen-bond acceptors (Lipinski definition) is 7. The molecule has 0 fully saturated rings. The van der Waals surface area contributed by atoms with Crippen LogP contribution in [-0.4, -0.2) is 79.9 Å². The fraction of sp³-hybridized carbons (Fsp3) is 0.905. The maximum atomic E-state index is 12.7. The molecule has 0 saturated carbocycles. The molecule has 0 saturated heterocycles. The van der Waals surface area contributed by atoms with E-state index in [-0.39, 0.29) is 12.5 Å². The molecule has 0 aliphatic rings. The Labute approximate surface area is 193 Å². The van der Waals surface area contributed by atoms with Gasteiger partial charge in [0.2, 0.25) is 16.6 Å². The van der Waals surface area contributed by atoms with Gasteiger partial charge in [-0.1, -0.05) is 26.6 Å². The Morgan fingerprint density at radius 2 is 1.29 bits per heavy atom. The normalized spacial score (nSPS) is 15.0. The number of rotatable bonds is 15. The topological polar surface area (TPSA) is 74.3 Å². The van der Waals surface area contributed by atoms with Gasteiger partial charge < -0.3 is 22.9 Å². The van der Waals surface area contributed by atoms with Crippen molar-refractivity contribution in [1.29, 1.82) is 0 Å². The van der Waals surface area contributed by atoms with Crippen molar-refractivity contribution in [3.8, 4) is 0 Å². The van der Waals surface area contributed by atoms with Gasteiger partial charge in [0.05, 0.1) is 25.7 Å². The van der Waals surface area contributed by atoms with Gasteiger partial charge in [0.1, 0.15) is 8.24 Å². The highest BCUT2D eigenvalue weighted by atomic mass is 28.4. The number of nitrogens with zero attached hydrogens (tertiary/aromatic N) is 1. The van der Waals surface area contributed by atoms with Crippen molar-refractivity contribution in [2.45, 2.75) is 97.8 Å². The number of carbonyl (C=O) groups is 2. The first-order chi connectivity index (χ1) is 13.9. The smallest absolute Gasteiger partial charge is 0.322 e. The summed E-state index contributed by atoms with van der Waals surface area (Å²) in [6.07, 6.45) is 0.190. The van der Waals surface area contributed by atoms with Crippen LogP contribution in [0, 0.1) is 0 Å². The largest absolute Gasteiger partial charge is 0.520 e. The molecule has 0 spiro atoms. The van der Waals surface area contributed by atoms with Crippen molar-refractivity contribution < 1.29 is 27.9 Å². The summed E-state index contributed by atoms with van der Waals surface area (Å²) >= 11 is 0. The Hall–Kier alpha value is -0.529. The monoisotopic (exact) mass is 493 g/mol. The Morgan fingerprint density at radius 1 is 0.806 bits per heavy atom. The predicted octanol–water partition coefficient (Wildman–Crippen LogP) is 4.47. The molecule has 0 aromatic heterocycles. The van der Waals surface area contributed by atoms with Gasteiger partial charge in [0, 0.05) is 13.1 Å². The molecule has 0 aromatic rings. The van der Waals surface area contributed by atoms with Crippen LogP contribution in [0.2, 0.25) is 58.9 Å². The van der Waals surface area contributed by atoms with E-state index in [2.05, 4.69) is 38.1 Å². The summed E-state index contributed by atoms with van der Waals surface area (Å²) in [6.45, 7) is 25.2. The van der Waals surface area contributed by atoms with Crippen LogP contribution in [0.25, 0.3) is 0 Å². The second-order valence-corrected chi connectivity index (χ2v) is 24.8. The second-order valence-electron chi connectivity index (χ2n) is 10.9. The summed E-state index contributed by atoms with van der Waals surface area (Å²) in [6, 6.07) is 0. The molecule has 0 heterocycles. The molecule has 2 atom stereocenters. The van der Waals surface area contributed by atoms with E-state index >= 15 is 0 Å². The molecular weight excluding hydrogens is 446 g/mol. The van der Waals surface area contributed by atoms with Gasteiger partial charge in [-0.05, 0) is 52.6 Å². The van der Waals surface area contributed by atoms with E-state index in [1.165, 1.54) is 0 Å². The van der Waals surface area contributed by atoms with Gasteiger partial charge in [-0.25, -0.2) is 0 Å². The van der Waals surface area contributed by atoms with E-state index in [1.54, 1.807) is 0 Å². The van der Waals surface area contributed by atoms with Crippen LogP contribution in [0.5, 0.6) is 0 Å². The lowest BCUT2D eigenvalue weighted by atomic mass is 10.2. The molecule has 10 heteroatoms. The quantitative estimate of drug-likeness (QED) is 0.312. The molecule has 0 amide bonds. The number of ether oxygens (including phenoxy) is 2. The van der Waals surface area contributed by atoms with Crippen LogP contribution < -0.4 is 0 Å². The first-order valence-corrected chi connectivity index (χ1v) is 21.6. The molecule has 31 heavy (non-hydrogen) atoms. The highest BCUT2D eigenvalue weighted by molar-refractivity contribution is 6.73. The molecule has 184 valence electrons. The molecule has 0 N–H and O–H groups in total. The number of carbonyl (C=O) groups excluding carboxylic acids is 2. The number of hydrogen-bond donors (Lipinski definition) is 0. The fourth-order valence-electron chi connectivity index (χ4n) is 2.68. The summed E-state index contributed by atoms with van der Waals surface area (Å²) in [5, 5.41) is 0. The molecular formula is C21H47NO6Si3. The van der Waals surface area contributed by atoms with Crippen LogP contribution in [-0.2, 0) is 27.9 Å². The second kappa shape index (κ2) is 13.2.